The van der Waals surface area contributed by atoms with Crippen molar-refractivity contribution in [1.29, 1.82) is 0 Å². The zero-order valence-electron chi connectivity index (χ0n) is 15.0. The number of hydrogen-bond donors (Lipinski definition) is 0. The molecule has 0 radical (unpaired) electrons. The summed E-state index contributed by atoms with van der Waals surface area (Å²) in [5.74, 6) is 0. The van der Waals surface area contributed by atoms with Crippen LogP contribution in [0.15, 0.2) is 110 Å². The van der Waals surface area contributed by atoms with E-state index < -0.39 is 16.1 Å². The van der Waals surface area contributed by atoms with Gasteiger partial charge in [0.1, 0.15) is 16.1 Å². The highest BCUT2D eigenvalue weighted by molar-refractivity contribution is 7.01. The molecule has 2 rings (SSSR count). The van der Waals surface area contributed by atoms with Crippen molar-refractivity contribution in [2.24, 2.45) is 0 Å². The maximum absolute atomic E-state index is 4.16. The number of benzene rings is 2. The van der Waals surface area contributed by atoms with Crippen molar-refractivity contribution in [3.63, 3.8) is 0 Å². The van der Waals surface area contributed by atoms with E-state index in [9.17, 15) is 0 Å². The lowest BCUT2D eigenvalue weighted by Crippen LogP contribution is -2.47. The van der Waals surface area contributed by atoms with Gasteiger partial charge in [-0.25, -0.2) is 0 Å². The highest BCUT2D eigenvalue weighted by Crippen LogP contribution is 2.23. The van der Waals surface area contributed by atoms with Gasteiger partial charge in [-0.15, -0.1) is 26.3 Å². The Morgan fingerprint density at radius 2 is 0.880 bits per heavy atom. The fraction of sp³-hybridized carbons (Fsp3) is 0.130. The monoisotopic (exact) mass is 360 g/mol. The number of hydrogen-bond acceptors (Lipinski definition) is 0. The molecule has 0 aromatic heterocycles. The average Bonchev–Trinajstić information content (AvgIpc) is 2.70. The van der Waals surface area contributed by atoms with Crippen LogP contribution < -0.4 is 10.4 Å². The van der Waals surface area contributed by atoms with Crippen LogP contribution in [0.25, 0.3) is 0 Å². The van der Waals surface area contributed by atoms with Gasteiger partial charge in [0.05, 0.1) is 0 Å². The molecule has 25 heavy (non-hydrogen) atoms. The largest absolute Gasteiger partial charge is 0.132 e. The molecule has 0 aliphatic carbocycles. The van der Waals surface area contributed by atoms with Gasteiger partial charge in [0.15, 0.2) is 0 Å². The Hall–Kier alpha value is -2.17. The molecule has 2 aromatic rings. The lowest BCUT2D eigenvalue weighted by Gasteiger charge is -2.29. The fourth-order valence-corrected chi connectivity index (χ4v) is 9.68. The maximum atomic E-state index is 4.16. The molecular formula is C23H28Si2. The van der Waals surface area contributed by atoms with E-state index in [0.29, 0.717) is 0 Å². The van der Waals surface area contributed by atoms with Crippen LogP contribution in [0.5, 0.6) is 0 Å². The zero-order chi connectivity index (χ0) is 18.2. The van der Waals surface area contributed by atoms with E-state index in [1.165, 1.54) is 10.4 Å². The van der Waals surface area contributed by atoms with Crippen molar-refractivity contribution in [3.8, 4) is 0 Å². The van der Waals surface area contributed by atoms with Crippen molar-refractivity contribution < 1.29 is 0 Å². The molecule has 0 saturated heterocycles. The summed E-state index contributed by atoms with van der Waals surface area (Å²) in [5.41, 5.74) is 8.68. The summed E-state index contributed by atoms with van der Waals surface area (Å²) >= 11 is 0. The van der Waals surface area contributed by atoms with E-state index in [0.717, 1.165) is 18.5 Å². The smallest absolute Gasteiger partial charge is 0.106 e. The first-order valence-electron chi connectivity index (χ1n) is 8.82. The van der Waals surface area contributed by atoms with E-state index in [1.54, 1.807) is 0 Å². The second kappa shape index (κ2) is 8.79. The minimum Gasteiger partial charge on any atom is -0.106 e. The van der Waals surface area contributed by atoms with E-state index in [-0.39, 0.29) is 0 Å². The first-order chi connectivity index (χ1) is 12.2. The zero-order valence-corrected chi connectivity index (χ0v) is 17.0. The lowest BCUT2D eigenvalue weighted by atomic mass is 10.4. The molecule has 0 saturated carbocycles. The Morgan fingerprint density at radius 1 is 0.560 bits per heavy atom. The Kier molecular flexibility index (Phi) is 6.74. The lowest BCUT2D eigenvalue weighted by molar-refractivity contribution is 1.04. The molecule has 0 nitrogen and oxygen atoms in total. The number of rotatable bonds is 10. The molecule has 0 atom stereocenters. The van der Waals surface area contributed by atoms with Gasteiger partial charge in [-0.1, -0.05) is 100 Å². The van der Waals surface area contributed by atoms with Crippen LogP contribution in [0.4, 0.5) is 0 Å². The first kappa shape index (κ1) is 19.2. The normalized spacial score (nSPS) is 11.5. The quantitative estimate of drug-likeness (QED) is 0.524. The summed E-state index contributed by atoms with van der Waals surface area (Å²) in [4.78, 5) is 0. The van der Waals surface area contributed by atoms with Crippen molar-refractivity contribution in [2.45, 2.75) is 18.5 Å². The predicted octanol–water partition coefficient (Wildman–Crippen LogP) is 4.99. The fourth-order valence-electron chi connectivity index (χ4n) is 3.51. The van der Waals surface area contributed by atoms with Gasteiger partial charge in [0, 0.05) is 0 Å². The van der Waals surface area contributed by atoms with E-state index >= 15 is 0 Å². The van der Waals surface area contributed by atoms with Crippen molar-refractivity contribution in [1.82, 2.24) is 0 Å². The second-order valence-electron chi connectivity index (χ2n) is 6.48. The van der Waals surface area contributed by atoms with Crippen molar-refractivity contribution >= 4 is 26.5 Å². The van der Waals surface area contributed by atoms with Gasteiger partial charge >= 0.3 is 0 Å². The van der Waals surface area contributed by atoms with Crippen LogP contribution in [0.2, 0.25) is 12.1 Å². The molecule has 0 N–H and O–H groups in total. The molecule has 2 heteroatoms. The molecule has 0 fully saturated rings. The van der Waals surface area contributed by atoms with Gasteiger partial charge in [-0.05, 0) is 12.1 Å². The summed E-state index contributed by atoms with van der Waals surface area (Å²) in [6.07, 6.45) is 1.14. The Bertz CT molecular complexity index is 637. The maximum Gasteiger partial charge on any atom is 0.132 e. The highest BCUT2D eigenvalue weighted by atomic mass is 28.3. The van der Waals surface area contributed by atoms with Crippen molar-refractivity contribution in [3.05, 3.63) is 110 Å². The van der Waals surface area contributed by atoms with Crippen molar-refractivity contribution in [2.75, 3.05) is 0 Å². The van der Waals surface area contributed by atoms with Gasteiger partial charge < -0.3 is 0 Å². The third-order valence-corrected chi connectivity index (χ3v) is 13.4. The Labute approximate surface area is 155 Å². The standard InChI is InChI=1S/C23H28Si2/c1-5-24(6-2,22-16-11-9-12-17-22)20-15-21-25(7-3,8-4)23-18-13-10-14-19-23/h5-14,16-19H,1-4,15,20-21H2. The molecule has 0 aliphatic heterocycles. The molecule has 0 aliphatic rings. The molecule has 0 amide bonds. The Balaban J connectivity index is 2.21. The predicted molar refractivity (Wildman–Crippen MR) is 119 cm³/mol. The van der Waals surface area contributed by atoms with Crippen LogP contribution in [-0.2, 0) is 0 Å². The minimum absolute atomic E-state index is 1.13. The highest BCUT2D eigenvalue weighted by Gasteiger charge is 2.32. The molecule has 2 aromatic carbocycles. The molecule has 0 heterocycles. The van der Waals surface area contributed by atoms with E-state index in [2.05, 4.69) is 110 Å². The van der Waals surface area contributed by atoms with Gasteiger partial charge in [-0.3, -0.25) is 0 Å². The second-order valence-corrected chi connectivity index (χ2v) is 14.4. The summed E-state index contributed by atoms with van der Waals surface area (Å²) in [6, 6.07) is 23.7. The summed E-state index contributed by atoms with van der Waals surface area (Å²) in [5, 5.41) is 2.79. The first-order valence-corrected chi connectivity index (χ1v) is 13.5. The van der Waals surface area contributed by atoms with Crippen LogP contribution in [0, 0.1) is 0 Å². The minimum atomic E-state index is -1.86. The van der Waals surface area contributed by atoms with Gasteiger partial charge in [-0.2, -0.15) is 0 Å². The van der Waals surface area contributed by atoms with Crippen LogP contribution in [-0.4, -0.2) is 16.1 Å². The summed E-state index contributed by atoms with van der Waals surface area (Å²) in [6.45, 7) is 16.6. The third kappa shape index (κ3) is 4.09. The van der Waals surface area contributed by atoms with Gasteiger partial charge in [0.25, 0.3) is 0 Å². The van der Waals surface area contributed by atoms with Gasteiger partial charge in [0.2, 0.25) is 0 Å². The van der Waals surface area contributed by atoms with Crippen LogP contribution >= 0.6 is 0 Å². The van der Waals surface area contributed by atoms with E-state index in [4.69, 9.17) is 0 Å². The van der Waals surface area contributed by atoms with Crippen LogP contribution in [0.1, 0.15) is 6.42 Å². The topological polar surface area (TPSA) is 0 Å². The van der Waals surface area contributed by atoms with E-state index in [1.807, 2.05) is 0 Å². The summed E-state index contributed by atoms with van der Waals surface area (Å²) in [7, 11) is -3.73. The molecule has 128 valence electrons. The SMILES string of the molecule is C=C[Si](C=C)(CCC[Si](C=C)(C=C)c1ccccc1)c1ccccc1. The van der Waals surface area contributed by atoms with Crippen LogP contribution in [0.3, 0.4) is 0 Å². The third-order valence-electron chi connectivity index (χ3n) is 5.26. The molecular weight excluding hydrogens is 332 g/mol. The molecule has 0 bridgehead atoms. The molecule has 0 spiro atoms. The summed E-state index contributed by atoms with van der Waals surface area (Å²) < 4.78 is 0. The Morgan fingerprint density at radius 3 is 1.16 bits per heavy atom. The average molecular weight is 361 g/mol. The molecule has 0 unspecified atom stereocenters.